The van der Waals surface area contributed by atoms with Crippen molar-refractivity contribution in [3.05, 3.63) is 23.5 Å². The van der Waals surface area contributed by atoms with Crippen molar-refractivity contribution in [3.63, 3.8) is 0 Å². The number of thioether (sulfide) groups is 1. The first-order valence-electron chi connectivity index (χ1n) is 6.62. The number of alkyl halides is 3. The number of aromatic nitrogens is 1. The summed E-state index contributed by atoms with van der Waals surface area (Å²) in [6.45, 7) is 3.40. The van der Waals surface area contributed by atoms with Crippen molar-refractivity contribution < 1.29 is 13.2 Å². The van der Waals surface area contributed by atoms with Gasteiger partial charge in [-0.3, -0.25) is 0 Å². The van der Waals surface area contributed by atoms with E-state index in [1.807, 2.05) is 17.0 Å². The van der Waals surface area contributed by atoms with Gasteiger partial charge in [-0.05, 0) is 48.7 Å². The molecular formula is C13H19F3N2S. The summed E-state index contributed by atoms with van der Waals surface area (Å²) in [6.07, 6.45) is 7.32. The fourth-order valence-electron chi connectivity index (χ4n) is 2.60. The molecule has 0 amide bonds. The minimum atomic E-state index is -4.13. The molecule has 0 aromatic carbocycles. The lowest BCUT2D eigenvalue weighted by molar-refractivity contribution is -0.0328. The molecule has 0 saturated carbocycles. The molecule has 19 heavy (non-hydrogen) atoms. The second-order valence-electron chi connectivity index (χ2n) is 4.77. The normalized spacial score (nSPS) is 19.5. The minimum absolute atomic E-state index is 0.0489. The average Bonchev–Trinajstić information content (AvgIpc) is 2.71. The third-order valence-corrected chi connectivity index (χ3v) is 4.09. The molecule has 6 heteroatoms. The highest BCUT2D eigenvalue weighted by Gasteiger charge is 2.27. The summed E-state index contributed by atoms with van der Waals surface area (Å²) >= 11 is 0.0489. The Morgan fingerprint density at radius 3 is 2.89 bits per heavy atom. The average molecular weight is 292 g/mol. The summed E-state index contributed by atoms with van der Waals surface area (Å²) < 4.78 is 38.2. The first kappa shape index (κ1) is 14.8. The van der Waals surface area contributed by atoms with Crippen LogP contribution in [0.15, 0.2) is 12.4 Å². The minimum Gasteiger partial charge on any atom is -0.353 e. The van der Waals surface area contributed by atoms with Crippen molar-refractivity contribution in [1.82, 2.24) is 9.88 Å². The number of hydrogen-bond donors (Lipinski definition) is 1. The topological polar surface area (TPSA) is 17.0 Å². The highest BCUT2D eigenvalue weighted by atomic mass is 32.2. The first-order chi connectivity index (χ1) is 8.99. The maximum Gasteiger partial charge on any atom is 0.441 e. The van der Waals surface area contributed by atoms with Gasteiger partial charge in [-0.25, -0.2) is 0 Å². The summed E-state index contributed by atoms with van der Waals surface area (Å²) in [5.74, 6) is 0.0724. The van der Waals surface area contributed by atoms with E-state index in [1.54, 1.807) is 0 Å². The summed E-state index contributed by atoms with van der Waals surface area (Å²) in [7, 11) is 0. The summed E-state index contributed by atoms with van der Waals surface area (Å²) in [4.78, 5) is 0. The van der Waals surface area contributed by atoms with E-state index < -0.39 is 5.51 Å². The zero-order valence-electron chi connectivity index (χ0n) is 11.0. The van der Waals surface area contributed by atoms with E-state index in [-0.39, 0.29) is 17.5 Å². The lowest BCUT2D eigenvalue weighted by atomic mass is 9.91. The van der Waals surface area contributed by atoms with Crippen molar-refractivity contribution in [1.29, 1.82) is 0 Å². The fraction of sp³-hybridized carbons (Fsp3) is 0.692. The number of halogens is 3. The number of nitrogens with one attached hydrogen (secondary N) is 1. The van der Waals surface area contributed by atoms with Crippen molar-refractivity contribution in [3.8, 4) is 0 Å². The summed E-state index contributed by atoms with van der Waals surface area (Å²) in [6, 6.07) is 0.366. The van der Waals surface area contributed by atoms with E-state index in [2.05, 4.69) is 12.2 Å². The van der Waals surface area contributed by atoms with Crippen LogP contribution in [0.2, 0.25) is 0 Å². The third-order valence-electron chi connectivity index (χ3n) is 3.38. The molecule has 2 nitrogen and oxygen atoms in total. The van der Waals surface area contributed by atoms with Crippen molar-refractivity contribution in [2.45, 2.75) is 44.3 Å². The predicted octanol–water partition coefficient (Wildman–Crippen LogP) is 3.73. The van der Waals surface area contributed by atoms with Crippen LogP contribution < -0.4 is 5.32 Å². The van der Waals surface area contributed by atoms with Crippen LogP contribution in [0.3, 0.4) is 0 Å². The maximum atomic E-state index is 12.1. The lowest BCUT2D eigenvalue weighted by Gasteiger charge is -2.22. The Morgan fingerprint density at radius 2 is 2.21 bits per heavy atom. The van der Waals surface area contributed by atoms with Gasteiger partial charge in [0, 0.05) is 30.7 Å². The first-order valence-corrected chi connectivity index (χ1v) is 7.61. The highest BCUT2D eigenvalue weighted by molar-refractivity contribution is 8.00. The highest BCUT2D eigenvalue weighted by Crippen LogP contribution is 2.32. The summed E-state index contributed by atoms with van der Waals surface area (Å²) in [5.41, 5.74) is -1.57. The Bertz CT molecular complexity index is 415. The molecule has 0 bridgehead atoms. The van der Waals surface area contributed by atoms with E-state index in [9.17, 15) is 13.2 Å². The number of nitrogens with zero attached hydrogens (tertiary/aromatic N) is 1. The molecule has 1 aromatic heterocycles. The van der Waals surface area contributed by atoms with Gasteiger partial charge in [0.1, 0.15) is 0 Å². The number of fused-ring (bicyclic) bond motifs is 1. The molecule has 0 spiro atoms. The van der Waals surface area contributed by atoms with Gasteiger partial charge in [0.25, 0.3) is 0 Å². The molecule has 0 radical (unpaired) electrons. The van der Waals surface area contributed by atoms with E-state index in [0.29, 0.717) is 12.6 Å². The van der Waals surface area contributed by atoms with Crippen LogP contribution in [0.5, 0.6) is 0 Å². The quantitative estimate of drug-likeness (QED) is 0.890. The van der Waals surface area contributed by atoms with Gasteiger partial charge in [0.15, 0.2) is 0 Å². The van der Waals surface area contributed by atoms with Crippen LogP contribution in [0.1, 0.15) is 36.9 Å². The van der Waals surface area contributed by atoms with Crippen LogP contribution in [0, 0.1) is 0 Å². The van der Waals surface area contributed by atoms with Gasteiger partial charge in [0.05, 0.1) is 0 Å². The van der Waals surface area contributed by atoms with Gasteiger partial charge in [-0.2, -0.15) is 13.2 Å². The molecule has 1 unspecified atom stereocenters. The standard InChI is InChI=1S/C13H19F3N2S/c1-2-17-12-5-3-4-10-8-18(9-11(10)12)6-7-19-13(14,15)16/h8-9,12,17H,2-7H2,1H3. The molecule has 1 heterocycles. The Hall–Kier alpha value is -0.620. The molecule has 108 valence electrons. The molecule has 0 saturated heterocycles. The molecule has 1 N–H and O–H groups in total. The Labute approximate surface area is 115 Å². The van der Waals surface area contributed by atoms with Crippen molar-refractivity contribution >= 4 is 11.8 Å². The molecule has 2 rings (SSSR count). The molecule has 1 aliphatic carbocycles. The van der Waals surface area contributed by atoms with Gasteiger partial charge >= 0.3 is 5.51 Å². The van der Waals surface area contributed by atoms with Gasteiger partial charge in [0.2, 0.25) is 0 Å². The number of hydrogen-bond acceptors (Lipinski definition) is 2. The van der Waals surface area contributed by atoms with Gasteiger partial charge in [-0.15, -0.1) is 0 Å². The monoisotopic (exact) mass is 292 g/mol. The van der Waals surface area contributed by atoms with E-state index in [4.69, 9.17) is 0 Å². The second kappa shape index (κ2) is 6.22. The maximum absolute atomic E-state index is 12.1. The Morgan fingerprint density at radius 1 is 1.42 bits per heavy atom. The zero-order chi connectivity index (χ0) is 13.9. The van der Waals surface area contributed by atoms with Crippen molar-refractivity contribution in [2.24, 2.45) is 0 Å². The molecule has 1 aromatic rings. The molecule has 1 aliphatic rings. The van der Waals surface area contributed by atoms with E-state index >= 15 is 0 Å². The second-order valence-corrected chi connectivity index (χ2v) is 5.93. The smallest absolute Gasteiger partial charge is 0.353 e. The Kier molecular flexibility index (Phi) is 4.84. The Balaban J connectivity index is 1.97. The number of rotatable bonds is 5. The van der Waals surface area contributed by atoms with E-state index in [0.717, 1.165) is 25.8 Å². The molecule has 1 atom stereocenters. The van der Waals surface area contributed by atoms with Crippen LogP contribution >= 0.6 is 11.8 Å². The molecular weight excluding hydrogens is 273 g/mol. The largest absolute Gasteiger partial charge is 0.441 e. The fourth-order valence-corrected chi connectivity index (χ4v) is 3.14. The van der Waals surface area contributed by atoms with Crippen LogP contribution in [0.4, 0.5) is 13.2 Å². The van der Waals surface area contributed by atoms with Crippen LogP contribution in [-0.4, -0.2) is 22.4 Å². The van der Waals surface area contributed by atoms with E-state index in [1.165, 1.54) is 11.1 Å². The number of aryl methyl sites for hydroxylation is 2. The molecule has 0 fully saturated rings. The zero-order valence-corrected chi connectivity index (χ0v) is 11.8. The van der Waals surface area contributed by atoms with Gasteiger partial charge < -0.3 is 9.88 Å². The lowest BCUT2D eigenvalue weighted by Crippen LogP contribution is -2.23. The molecule has 0 aliphatic heterocycles. The summed E-state index contributed by atoms with van der Waals surface area (Å²) in [5, 5.41) is 3.44. The SMILES string of the molecule is CCNC1CCCc2cn(CCSC(F)(F)F)cc21. The van der Waals surface area contributed by atoms with Crippen LogP contribution in [-0.2, 0) is 13.0 Å². The predicted molar refractivity (Wildman–Crippen MR) is 72.3 cm³/mol. The van der Waals surface area contributed by atoms with Crippen LogP contribution in [0.25, 0.3) is 0 Å². The van der Waals surface area contributed by atoms with Crippen molar-refractivity contribution in [2.75, 3.05) is 12.3 Å². The van der Waals surface area contributed by atoms with Gasteiger partial charge in [-0.1, -0.05) is 6.92 Å². The third kappa shape index (κ3) is 4.18.